The Bertz CT molecular complexity index is 810. The summed E-state index contributed by atoms with van der Waals surface area (Å²) in [7, 11) is 0. The fourth-order valence-corrected chi connectivity index (χ4v) is 2.27. The van der Waals surface area contributed by atoms with Crippen LogP contribution < -0.4 is 15.7 Å². The highest BCUT2D eigenvalue weighted by atomic mass is 16.5. The Morgan fingerprint density at radius 2 is 2.08 bits per heavy atom. The van der Waals surface area contributed by atoms with E-state index in [0.29, 0.717) is 11.3 Å². The van der Waals surface area contributed by atoms with Crippen LogP contribution in [-0.4, -0.2) is 29.6 Å². The van der Waals surface area contributed by atoms with E-state index in [1.165, 1.54) is 13.0 Å². The molecular formula is C17H19NO6. The number of carboxylic acid groups (broad SMARTS) is 1. The first-order chi connectivity index (χ1) is 11.4. The SMILES string of the molecule is CCCc1cc(=O)oc2cc(OCC(=O)N[C@@H](C)C(=O)O)ccc12. The zero-order valence-corrected chi connectivity index (χ0v) is 13.5. The fourth-order valence-electron chi connectivity index (χ4n) is 2.27. The van der Waals surface area contributed by atoms with E-state index in [9.17, 15) is 14.4 Å². The van der Waals surface area contributed by atoms with E-state index >= 15 is 0 Å². The molecule has 0 aliphatic rings. The van der Waals surface area contributed by atoms with Crippen molar-refractivity contribution in [3.8, 4) is 5.75 Å². The Morgan fingerprint density at radius 1 is 1.33 bits per heavy atom. The van der Waals surface area contributed by atoms with Gasteiger partial charge < -0.3 is 19.6 Å². The van der Waals surface area contributed by atoms with Crippen molar-refractivity contribution in [3.05, 3.63) is 40.2 Å². The van der Waals surface area contributed by atoms with Crippen LogP contribution in [0, 0.1) is 0 Å². The molecule has 2 N–H and O–H groups in total. The molecule has 0 unspecified atom stereocenters. The molecule has 0 radical (unpaired) electrons. The summed E-state index contributed by atoms with van der Waals surface area (Å²) in [6, 6.07) is 5.48. The number of hydrogen-bond acceptors (Lipinski definition) is 5. The van der Waals surface area contributed by atoms with Gasteiger partial charge in [0.25, 0.3) is 5.91 Å². The molecule has 24 heavy (non-hydrogen) atoms. The van der Waals surface area contributed by atoms with Crippen LogP contribution in [0.5, 0.6) is 5.75 Å². The van der Waals surface area contributed by atoms with Crippen LogP contribution in [-0.2, 0) is 16.0 Å². The molecule has 0 saturated carbocycles. The maximum atomic E-state index is 11.6. The van der Waals surface area contributed by atoms with E-state index in [1.807, 2.05) is 6.92 Å². The summed E-state index contributed by atoms with van der Waals surface area (Å²) >= 11 is 0. The first-order valence-electron chi connectivity index (χ1n) is 7.62. The molecule has 0 spiro atoms. The number of carbonyl (C=O) groups excluding carboxylic acids is 1. The van der Waals surface area contributed by atoms with Crippen molar-refractivity contribution in [1.29, 1.82) is 0 Å². The maximum Gasteiger partial charge on any atom is 0.336 e. The van der Waals surface area contributed by atoms with Crippen molar-refractivity contribution in [2.75, 3.05) is 6.61 Å². The monoisotopic (exact) mass is 333 g/mol. The van der Waals surface area contributed by atoms with Gasteiger partial charge in [0, 0.05) is 17.5 Å². The average Bonchev–Trinajstić information content (AvgIpc) is 2.52. The van der Waals surface area contributed by atoms with Gasteiger partial charge >= 0.3 is 11.6 Å². The second-order valence-electron chi connectivity index (χ2n) is 5.41. The van der Waals surface area contributed by atoms with Crippen LogP contribution in [0.15, 0.2) is 33.5 Å². The molecule has 2 aromatic rings. The molecule has 0 saturated heterocycles. The molecule has 0 fully saturated rings. The predicted octanol–water partition coefficient (Wildman–Crippen LogP) is 1.71. The number of rotatable bonds is 7. The average molecular weight is 333 g/mol. The Kier molecular flexibility index (Phi) is 5.57. The highest BCUT2D eigenvalue weighted by Crippen LogP contribution is 2.23. The predicted molar refractivity (Wildman–Crippen MR) is 87.2 cm³/mol. The van der Waals surface area contributed by atoms with Crippen molar-refractivity contribution >= 4 is 22.8 Å². The number of amides is 1. The molecule has 7 heteroatoms. The Labute approximate surface area is 138 Å². The summed E-state index contributed by atoms with van der Waals surface area (Å²) in [5.74, 6) is -1.32. The van der Waals surface area contributed by atoms with Crippen molar-refractivity contribution in [2.45, 2.75) is 32.7 Å². The normalized spacial score (nSPS) is 11.9. The number of aryl methyl sites for hydroxylation is 1. The third-order valence-electron chi connectivity index (χ3n) is 3.44. The molecule has 1 amide bonds. The number of fused-ring (bicyclic) bond motifs is 1. The van der Waals surface area contributed by atoms with Gasteiger partial charge in [-0.05, 0) is 31.0 Å². The third kappa shape index (κ3) is 4.34. The topological polar surface area (TPSA) is 106 Å². The lowest BCUT2D eigenvalue weighted by molar-refractivity contribution is -0.141. The fraction of sp³-hybridized carbons (Fsp3) is 0.353. The Balaban J connectivity index is 2.12. The molecule has 1 aromatic heterocycles. The van der Waals surface area contributed by atoms with Crippen LogP contribution in [0.3, 0.4) is 0 Å². The minimum Gasteiger partial charge on any atom is -0.484 e. The number of benzene rings is 1. The largest absolute Gasteiger partial charge is 0.484 e. The van der Waals surface area contributed by atoms with Crippen LogP contribution >= 0.6 is 0 Å². The highest BCUT2D eigenvalue weighted by molar-refractivity contribution is 5.84. The van der Waals surface area contributed by atoms with Gasteiger partial charge in [0.15, 0.2) is 6.61 Å². The van der Waals surface area contributed by atoms with E-state index in [0.717, 1.165) is 23.8 Å². The molecule has 7 nitrogen and oxygen atoms in total. The lowest BCUT2D eigenvalue weighted by atomic mass is 10.1. The molecular weight excluding hydrogens is 314 g/mol. The molecule has 1 aromatic carbocycles. The first-order valence-corrected chi connectivity index (χ1v) is 7.62. The minimum atomic E-state index is -1.13. The summed E-state index contributed by atoms with van der Waals surface area (Å²) in [6.07, 6.45) is 1.66. The number of hydrogen-bond donors (Lipinski definition) is 2. The minimum absolute atomic E-state index is 0.331. The van der Waals surface area contributed by atoms with Crippen LogP contribution in [0.1, 0.15) is 25.8 Å². The van der Waals surface area contributed by atoms with Crippen molar-refractivity contribution in [1.82, 2.24) is 5.32 Å². The van der Waals surface area contributed by atoms with E-state index in [1.54, 1.807) is 18.2 Å². The third-order valence-corrected chi connectivity index (χ3v) is 3.44. The van der Waals surface area contributed by atoms with Crippen molar-refractivity contribution < 1.29 is 23.8 Å². The van der Waals surface area contributed by atoms with Gasteiger partial charge in [-0.25, -0.2) is 4.79 Å². The van der Waals surface area contributed by atoms with Gasteiger partial charge in [0.05, 0.1) is 0 Å². The second-order valence-corrected chi connectivity index (χ2v) is 5.41. The summed E-state index contributed by atoms with van der Waals surface area (Å²) in [5.41, 5.74) is 0.863. The smallest absolute Gasteiger partial charge is 0.336 e. The zero-order valence-electron chi connectivity index (χ0n) is 13.5. The molecule has 0 bridgehead atoms. The maximum absolute atomic E-state index is 11.6. The van der Waals surface area contributed by atoms with Crippen LogP contribution in [0.2, 0.25) is 0 Å². The van der Waals surface area contributed by atoms with E-state index in [2.05, 4.69) is 5.32 Å². The molecule has 0 aliphatic heterocycles. The zero-order chi connectivity index (χ0) is 17.7. The van der Waals surface area contributed by atoms with Gasteiger partial charge in [-0.2, -0.15) is 0 Å². The van der Waals surface area contributed by atoms with Crippen LogP contribution in [0.25, 0.3) is 11.0 Å². The number of carboxylic acids is 1. The van der Waals surface area contributed by atoms with Gasteiger partial charge in [-0.1, -0.05) is 13.3 Å². The first kappa shape index (κ1) is 17.5. The summed E-state index contributed by atoms with van der Waals surface area (Å²) in [6.45, 7) is 3.05. The highest BCUT2D eigenvalue weighted by Gasteiger charge is 2.14. The number of ether oxygens (including phenoxy) is 1. The van der Waals surface area contributed by atoms with Gasteiger partial charge in [-0.15, -0.1) is 0 Å². The van der Waals surface area contributed by atoms with Gasteiger partial charge in [0.1, 0.15) is 17.4 Å². The summed E-state index contributed by atoms with van der Waals surface area (Å²) in [5, 5.41) is 11.8. The molecule has 2 rings (SSSR count). The van der Waals surface area contributed by atoms with Crippen LogP contribution in [0.4, 0.5) is 0 Å². The second kappa shape index (κ2) is 7.63. The Hall–Kier alpha value is -2.83. The molecule has 128 valence electrons. The van der Waals surface area contributed by atoms with Gasteiger partial charge in [-0.3, -0.25) is 9.59 Å². The molecule has 1 atom stereocenters. The lowest BCUT2D eigenvalue weighted by Crippen LogP contribution is -2.40. The van der Waals surface area contributed by atoms with Crippen molar-refractivity contribution in [3.63, 3.8) is 0 Å². The standard InChI is InChI=1S/C17H19NO6/c1-3-4-11-7-16(20)24-14-8-12(5-6-13(11)14)23-9-15(19)18-10(2)17(21)22/h5-8,10H,3-4,9H2,1-2H3,(H,18,19)(H,21,22)/t10-/m0/s1. The lowest BCUT2D eigenvalue weighted by Gasteiger charge is -2.11. The quantitative estimate of drug-likeness (QED) is 0.747. The van der Waals surface area contributed by atoms with E-state index in [4.69, 9.17) is 14.3 Å². The number of nitrogens with one attached hydrogen (secondary N) is 1. The van der Waals surface area contributed by atoms with E-state index < -0.39 is 23.5 Å². The molecule has 0 aliphatic carbocycles. The summed E-state index contributed by atoms with van der Waals surface area (Å²) in [4.78, 5) is 33.9. The van der Waals surface area contributed by atoms with Crippen molar-refractivity contribution in [2.24, 2.45) is 0 Å². The number of carbonyl (C=O) groups is 2. The molecule has 1 heterocycles. The van der Waals surface area contributed by atoms with E-state index in [-0.39, 0.29) is 6.61 Å². The van der Waals surface area contributed by atoms with Gasteiger partial charge in [0.2, 0.25) is 0 Å². The Morgan fingerprint density at radius 3 is 2.75 bits per heavy atom. The number of aliphatic carboxylic acids is 1. The summed E-state index contributed by atoms with van der Waals surface area (Å²) < 4.78 is 10.5.